The van der Waals surface area contributed by atoms with Gasteiger partial charge in [0.05, 0.1) is 5.92 Å². The topological polar surface area (TPSA) is 21.3 Å². The third kappa shape index (κ3) is 2.00. The van der Waals surface area contributed by atoms with E-state index in [0.717, 1.165) is 18.7 Å². The monoisotopic (exact) mass is 307 g/mol. The molecule has 1 N–H and O–H groups in total. The molecule has 0 saturated carbocycles. The number of hydrogen-bond acceptors (Lipinski definition) is 2. The highest BCUT2D eigenvalue weighted by Crippen LogP contribution is 2.54. The average Bonchev–Trinajstić information content (AvgIpc) is 3.08. The molecule has 2 aliphatic heterocycles. The summed E-state index contributed by atoms with van der Waals surface area (Å²) < 4.78 is 6.50. The van der Waals surface area contributed by atoms with Crippen molar-refractivity contribution in [2.24, 2.45) is 0 Å². The third-order valence-corrected chi connectivity index (χ3v) is 5.59. The molecule has 23 heavy (non-hydrogen) atoms. The van der Waals surface area contributed by atoms with Gasteiger partial charge in [0.15, 0.2) is 0 Å². The van der Waals surface area contributed by atoms with Crippen LogP contribution in [0.1, 0.15) is 53.1 Å². The highest BCUT2D eigenvalue weighted by molar-refractivity contribution is 5.73. The van der Waals surface area contributed by atoms with Gasteiger partial charge in [-0.15, -0.1) is 0 Å². The van der Waals surface area contributed by atoms with Gasteiger partial charge in [0, 0.05) is 17.8 Å². The number of rotatable bonds is 1. The summed E-state index contributed by atoms with van der Waals surface area (Å²) in [5.74, 6) is 1.42. The van der Waals surface area contributed by atoms with Crippen LogP contribution in [-0.4, -0.2) is 12.1 Å². The molecule has 1 unspecified atom stereocenters. The fourth-order valence-electron chi connectivity index (χ4n) is 4.30. The zero-order valence-corrected chi connectivity index (χ0v) is 14.7. The van der Waals surface area contributed by atoms with Crippen LogP contribution >= 0.6 is 0 Å². The molecule has 2 aliphatic rings. The Morgan fingerprint density at radius 3 is 2.43 bits per heavy atom. The molecule has 0 saturated heterocycles. The summed E-state index contributed by atoms with van der Waals surface area (Å²) in [7, 11) is 0. The molecule has 120 valence electrons. The number of benzene rings is 2. The molecule has 2 aromatic carbocycles. The van der Waals surface area contributed by atoms with E-state index in [2.05, 4.69) is 64.2 Å². The number of hydrogen-bond donors (Lipinski definition) is 1. The van der Waals surface area contributed by atoms with E-state index in [9.17, 15) is 0 Å². The van der Waals surface area contributed by atoms with E-state index in [1.165, 1.54) is 39.1 Å². The summed E-state index contributed by atoms with van der Waals surface area (Å²) in [6.07, 6.45) is 1.10. The van der Waals surface area contributed by atoms with E-state index in [1.54, 1.807) is 0 Å². The lowest BCUT2D eigenvalue weighted by Crippen LogP contribution is -2.31. The zero-order valence-electron chi connectivity index (χ0n) is 14.7. The van der Waals surface area contributed by atoms with E-state index in [-0.39, 0.29) is 5.60 Å². The van der Waals surface area contributed by atoms with E-state index in [1.807, 2.05) is 0 Å². The molecular formula is C21H25NO. The molecule has 0 bridgehead atoms. The smallest absolute Gasteiger partial charge is 0.127 e. The number of ether oxygens (including phenoxy) is 1. The largest absolute Gasteiger partial charge is 0.486 e. The highest BCUT2D eigenvalue weighted by atomic mass is 16.5. The normalized spacial score (nSPS) is 20.7. The summed E-state index contributed by atoms with van der Waals surface area (Å²) in [6.45, 7) is 12.0. The van der Waals surface area contributed by atoms with Crippen LogP contribution in [0.2, 0.25) is 0 Å². The summed E-state index contributed by atoms with van der Waals surface area (Å²) in [5.41, 5.74) is 9.31. The molecule has 2 aromatic rings. The first-order valence-corrected chi connectivity index (χ1v) is 8.55. The van der Waals surface area contributed by atoms with Crippen LogP contribution in [0.5, 0.6) is 5.75 Å². The third-order valence-electron chi connectivity index (χ3n) is 5.59. The Labute approximate surface area is 138 Å². The van der Waals surface area contributed by atoms with Gasteiger partial charge in [0.2, 0.25) is 0 Å². The fourth-order valence-corrected chi connectivity index (χ4v) is 4.30. The molecular weight excluding hydrogens is 282 g/mol. The maximum absolute atomic E-state index is 6.50. The zero-order chi connectivity index (χ0) is 16.4. The minimum Gasteiger partial charge on any atom is -0.486 e. The Bertz CT molecular complexity index is 787. The van der Waals surface area contributed by atoms with Crippen LogP contribution in [0, 0.1) is 20.8 Å². The van der Waals surface area contributed by atoms with Gasteiger partial charge in [0.25, 0.3) is 0 Å². The van der Waals surface area contributed by atoms with Gasteiger partial charge < -0.3 is 10.1 Å². The lowest BCUT2D eigenvalue weighted by Gasteiger charge is -2.27. The standard InChI is InChI=1S/C21H25NO/c1-12-6-8-15(9-7-12)18-17-16-10-11-22-19(16)13(2)14(3)20(17)23-21(18,4)5/h6-9,18,22H,10-11H2,1-5H3. The van der Waals surface area contributed by atoms with Gasteiger partial charge in [-0.05, 0) is 63.3 Å². The Hall–Kier alpha value is -1.96. The lowest BCUT2D eigenvalue weighted by atomic mass is 9.78. The van der Waals surface area contributed by atoms with Crippen LogP contribution < -0.4 is 10.1 Å². The molecule has 2 heterocycles. The maximum atomic E-state index is 6.50. The first-order valence-electron chi connectivity index (χ1n) is 8.55. The number of aryl methyl sites for hydroxylation is 1. The van der Waals surface area contributed by atoms with E-state index < -0.39 is 0 Å². The SMILES string of the molecule is Cc1ccc(C2c3c4c(c(C)c(C)c3OC2(C)C)NCC4)cc1. The van der Waals surface area contributed by atoms with Crippen molar-refractivity contribution in [2.75, 3.05) is 11.9 Å². The Morgan fingerprint density at radius 1 is 1.04 bits per heavy atom. The van der Waals surface area contributed by atoms with Gasteiger partial charge in [-0.1, -0.05) is 29.8 Å². The molecule has 0 radical (unpaired) electrons. The molecule has 0 aliphatic carbocycles. The van der Waals surface area contributed by atoms with Crippen molar-refractivity contribution in [1.29, 1.82) is 0 Å². The van der Waals surface area contributed by atoms with Crippen molar-refractivity contribution in [3.63, 3.8) is 0 Å². The minimum absolute atomic E-state index is 0.216. The summed E-state index contributed by atoms with van der Waals surface area (Å²) >= 11 is 0. The van der Waals surface area contributed by atoms with Crippen molar-refractivity contribution in [3.8, 4) is 5.75 Å². The van der Waals surface area contributed by atoms with Crippen LogP contribution in [0.3, 0.4) is 0 Å². The summed E-state index contributed by atoms with van der Waals surface area (Å²) in [5, 5.41) is 3.59. The van der Waals surface area contributed by atoms with Crippen molar-refractivity contribution in [3.05, 3.63) is 57.6 Å². The van der Waals surface area contributed by atoms with Crippen LogP contribution in [0.4, 0.5) is 5.69 Å². The molecule has 0 spiro atoms. The molecule has 1 atom stereocenters. The van der Waals surface area contributed by atoms with E-state index in [0.29, 0.717) is 5.92 Å². The maximum Gasteiger partial charge on any atom is 0.127 e. The number of anilines is 1. The van der Waals surface area contributed by atoms with Crippen LogP contribution in [0.25, 0.3) is 0 Å². The van der Waals surface area contributed by atoms with Gasteiger partial charge in [-0.25, -0.2) is 0 Å². The van der Waals surface area contributed by atoms with Crippen LogP contribution in [0.15, 0.2) is 24.3 Å². The van der Waals surface area contributed by atoms with Gasteiger partial charge >= 0.3 is 0 Å². The second kappa shape index (κ2) is 4.77. The van der Waals surface area contributed by atoms with Gasteiger partial charge in [-0.2, -0.15) is 0 Å². The Kier molecular flexibility index (Phi) is 3.03. The second-order valence-electron chi connectivity index (χ2n) is 7.57. The van der Waals surface area contributed by atoms with Crippen molar-refractivity contribution in [1.82, 2.24) is 0 Å². The molecule has 2 nitrogen and oxygen atoms in total. The fraction of sp³-hybridized carbons (Fsp3) is 0.429. The molecule has 0 fully saturated rings. The van der Waals surface area contributed by atoms with E-state index in [4.69, 9.17) is 4.74 Å². The highest BCUT2D eigenvalue weighted by Gasteiger charge is 2.45. The first kappa shape index (κ1) is 14.6. The molecule has 0 amide bonds. The van der Waals surface area contributed by atoms with Crippen molar-refractivity contribution < 1.29 is 4.74 Å². The average molecular weight is 307 g/mol. The van der Waals surface area contributed by atoms with Crippen molar-refractivity contribution in [2.45, 2.75) is 52.6 Å². The second-order valence-corrected chi connectivity index (χ2v) is 7.57. The number of fused-ring (bicyclic) bond motifs is 3. The predicted octanol–water partition coefficient (Wildman–Crippen LogP) is 4.88. The summed E-state index contributed by atoms with van der Waals surface area (Å²) in [6, 6.07) is 8.96. The van der Waals surface area contributed by atoms with E-state index >= 15 is 0 Å². The summed E-state index contributed by atoms with van der Waals surface area (Å²) in [4.78, 5) is 0. The number of nitrogens with one attached hydrogen (secondary N) is 1. The van der Waals surface area contributed by atoms with Gasteiger partial charge in [-0.3, -0.25) is 0 Å². The molecule has 2 heteroatoms. The Balaban J connectivity index is 1.98. The minimum atomic E-state index is -0.216. The Morgan fingerprint density at radius 2 is 1.74 bits per heavy atom. The van der Waals surface area contributed by atoms with Crippen LogP contribution in [-0.2, 0) is 6.42 Å². The van der Waals surface area contributed by atoms with Gasteiger partial charge in [0.1, 0.15) is 11.4 Å². The quantitative estimate of drug-likeness (QED) is 0.810. The first-order chi connectivity index (χ1) is 10.9. The molecule has 0 aromatic heterocycles. The molecule has 4 rings (SSSR count). The lowest BCUT2D eigenvalue weighted by molar-refractivity contribution is 0.121. The van der Waals surface area contributed by atoms with Crippen molar-refractivity contribution >= 4 is 5.69 Å². The predicted molar refractivity (Wildman–Crippen MR) is 95.8 cm³/mol.